The Kier molecular flexibility index (Phi) is 8.30. The van der Waals surface area contributed by atoms with E-state index in [1.54, 1.807) is 0 Å². The van der Waals surface area contributed by atoms with Crippen molar-refractivity contribution in [1.82, 2.24) is 0 Å². The predicted molar refractivity (Wildman–Crippen MR) is 56.5 cm³/mol. The molecule has 0 atom stereocenters. The van der Waals surface area contributed by atoms with Gasteiger partial charge in [-0.15, -0.1) is 6.58 Å². The van der Waals surface area contributed by atoms with Gasteiger partial charge >= 0.3 is 7.69 Å². The van der Waals surface area contributed by atoms with Crippen LogP contribution in [0.15, 0.2) is 43.0 Å². The maximum Gasteiger partial charge on any atom is 0.432 e. The van der Waals surface area contributed by atoms with E-state index < -0.39 is 7.69 Å². The Bertz CT molecular complexity index is 211. The Labute approximate surface area is 79.9 Å². The van der Waals surface area contributed by atoms with Gasteiger partial charge in [-0.05, 0) is 18.4 Å². The molecular formula is C10H15BO2. The van der Waals surface area contributed by atoms with Gasteiger partial charge in [0.25, 0.3) is 0 Å². The van der Waals surface area contributed by atoms with Gasteiger partial charge in [0.05, 0.1) is 0 Å². The summed E-state index contributed by atoms with van der Waals surface area (Å²) in [7, 11) is -0.750. The van der Waals surface area contributed by atoms with Crippen molar-refractivity contribution in [3.8, 4) is 0 Å². The molecule has 0 saturated heterocycles. The third-order valence-corrected chi connectivity index (χ3v) is 1.48. The van der Waals surface area contributed by atoms with E-state index in [0.29, 0.717) is 0 Å². The first-order valence-corrected chi connectivity index (χ1v) is 4.21. The first kappa shape index (κ1) is 11.9. The smallest absolute Gasteiger partial charge is 0.430 e. The Morgan fingerprint density at radius 3 is 2.23 bits per heavy atom. The Morgan fingerprint density at radius 2 is 1.77 bits per heavy atom. The topological polar surface area (TPSA) is 40.5 Å². The molecule has 3 heteroatoms. The minimum atomic E-state index is -0.750. The zero-order chi connectivity index (χ0) is 9.94. The first-order valence-electron chi connectivity index (χ1n) is 4.21. The lowest BCUT2D eigenvalue weighted by Crippen LogP contribution is -1.79. The zero-order valence-electron chi connectivity index (χ0n) is 7.69. The molecule has 0 aliphatic carbocycles. The molecule has 1 aromatic rings. The van der Waals surface area contributed by atoms with Crippen molar-refractivity contribution in [1.29, 1.82) is 0 Å². The van der Waals surface area contributed by atoms with Gasteiger partial charge in [-0.3, -0.25) is 0 Å². The standard InChI is InChI=1S/C10H12.BH3O2/c1-2-3-7-10-8-5-4-6-9-10;2-1-3/h2,4-6,8-9H,1,3,7H2;1-3H. The molecule has 0 aliphatic rings. The molecule has 0 aliphatic heterocycles. The molecule has 70 valence electrons. The Balaban J connectivity index is 0.000000424. The molecule has 0 unspecified atom stereocenters. The summed E-state index contributed by atoms with van der Waals surface area (Å²) in [5, 5.41) is 14.2. The van der Waals surface area contributed by atoms with Crippen LogP contribution in [0.1, 0.15) is 12.0 Å². The van der Waals surface area contributed by atoms with E-state index in [-0.39, 0.29) is 0 Å². The normalized spacial score (nSPS) is 8.15. The van der Waals surface area contributed by atoms with Gasteiger partial charge in [0.1, 0.15) is 0 Å². The average Bonchev–Trinajstić information content (AvgIpc) is 2.18. The van der Waals surface area contributed by atoms with E-state index in [9.17, 15) is 0 Å². The minimum Gasteiger partial charge on any atom is -0.430 e. The number of aryl methyl sites for hydroxylation is 1. The van der Waals surface area contributed by atoms with Crippen LogP contribution in [-0.2, 0) is 6.42 Å². The summed E-state index contributed by atoms with van der Waals surface area (Å²) >= 11 is 0. The molecule has 2 N–H and O–H groups in total. The van der Waals surface area contributed by atoms with Gasteiger partial charge in [-0.25, -0.2) is 0 Å². The fourth-order valence-electron chi connectivity index (χ4n) is 0.913. The summed E-state index contributed by atoms with van der Waals surface area (Å²) in [4.78, 5) is 0. The van der Waals surface area contributed by atoms with E-state index in [4.69, 9.17) is 10.0 Å². The van der Waals surface area contributed by atoms with Crippen LogP contribution in [0.25, 0.3) is 0 Å². The molecule has 0 heterocycles. The first-order chi connectivity index (χ1) is 6.35. The Hall–Kier alpha value is -1.06. The third-order valence-electron chi connectivity index (χ3n) is 1.48. The second-order valence-electron chi connectivity index (χ2n) is 2.45. The highest BCUT2D eigenvalue weighted by Gasteiger charge is 1.85. The fraction of sp³-hybridized carbons (Fsp3) is 0.200. The molecular weight excluding hydrogens is 163 g/mol. The molecule has 13 heavy (non-hydrogen) atoms. The van der Waals surface area contributed by atoms with E-state index in [0.717, 1.165) is 12.8 Å². The van der Waals surface area contributed by atoms with E-state index in [1.165, 1.54) is 5.56 Å². The SMILES string of the molecule is C=CCCc1ccccc1.OBO. The van der Waals surface area contributed by atoms with Gasteiger partial charge < -0.3 is 10.0 Å². The molecule has 0 aromatic heterocycles. The van der Waals surface area contributed by atoms with Gasteiger partial charge in [-0.1, -0.05) is 36.4 Å². The number of hydrogen-bond donors (Lipinski definition) is 2. The minimum absolute atomic E-state index is 0.750. The molecule has 0 spiro atoms. The highest BCUT2D eigenvalue weighted by atomic mass is 16.4. The van der Waals surface area contributed by atoms with Crippen LogP contribution in [0.4, 0.5) is 0 Å². The highest BCUT2D eigenvalue weighted by Crippen LogP contribution is 2.01. The summed E-state index contributed by atoms with van der Waals surface area (Å²) < 4.78 is 0. The van der Waals surface area contributed by atoms with E-state index in [1.807, 2.05) is 12.1 Å². The number of rotatable bonds is 3. The highest BCUT2D eigenvalue weighted by molar-refractivity contribution is 6.13. The summed E-state index contributed by atoms with van der Waals surface area (Å²) in [5.74, 6) is 0. The number of benzene rings is 1. The van der Waals surface area contributed by atoms with E-state index in [2.05, 4.69) is 30.8 Å². The predicted octanol–water partition coefficient (Wildman–Crippen LogP) is 1.04. The van der Waals surface area contributed by atoms with Crippen molar-refractivity contribution in [2.45, 2.75) is 12.8 Å². The number of hydrogen-bond acceptors (Lipinski definition) is 2. The summed E-state index contributed by atoms with van der Waals surface area (Å²) in [5.41, 5.74) is 1.39. The van der Waals surface area contributed by atoms with Crippen molar-refractivity contribution in [2.75, 3.05) is 0 Å². The summed E-state index contributed by atoms with van der Waals surface area (Å²) in [6.45, 7) is 3.68. The van der Waals surface area contributed by atoms with Crippen molar-refractivity contribution < 1.29 is 10.0 Å². The molecule has 0 fully saturated rings. The van der Waals surface area contributed by atoms with Crippen molar-refractivity contribution >= 4 is 7.69 Å². The quantitative estimate of drug-likeness (QED) is 0.536. The van der Waals surface area contributed by atoms with Crippen LogP contribution < -0.4 is 0 Å². The van der Waals surface area contributed by atoms with Gasteiger partial charge in [0.2, 0.25) is 0 Å². The van der Waals surface area contributed by atoms with Crippen molar-refractivity contribution in [3.05, 3.63) is 48.6 Å². The molecule has 1 rings (SSSR count). The van der Waals surface area contributed by atoms with Crippen molar-refractivity contribution in [3.63, 3.8) is 0 Å². The second-order valence-corrected chi connectivity index (χ2v) is 2.45. The monoisotopic (exact) mass is 178 g/mol. The van der Waals surface area contributed by atoms with Gasteiger partial charge in [0, 0.05) is 0 Å². The maximum absolute atomic E-state index is 7.12. The molecule has 0 radical (unpaired) electrons. The average molecular weight is 178 g/mol. The van der Waals surface area contributed by atoms with Crippen LogP contribution in [-0.4, -0.2) is 17.7 Å². The van der Waals surface area contributed by atoms with E-state index >= 15 is 0 Å². The zero-order valence-corrected chi connectivity index (χ0v) is 7.69. The second kappa shape index (κ2) is 9.04. The third kappa shape index (κ3) is 7.31. The lowest BCUT2D eigenvalue weighted by molar-refractivity contribution is 0.448. The molecule has 0 saturated carbocycles. The number of allylic oxidation sites excluding steroid dienone is 1. The maximum atomic E-state index is 7.12. The molecule has 2 nitrogen and oxygen atoms in total. The van der Waals surface area contributed by atoms with Crippen molar-refractivity contribution in [2.24, 2.45) is 0 Å². The Morgan fingerprint density at radius 1 is 1.23 bits per heavy atom. The summed E-state index contributed by atoms with van der Waals surface area (Å²) in [6.07, 6.45) is 4.14. The molecule has 1 aromatic carbocycles. The van der Waals surface area contributed by atoms with Crippen LogP contribution in [0, 0.1) is 0 Å². The summed E-state index contributed by atoms with van der Waals surface area (Å²) in [6, 6.07) is 10.5. The van der Waals surface area contributed by atoms with Gasteiger partial charge in [-0.2, -0.15) is 0 Å². The lowest BCUT2D eigenvalue weighted by atomic mass is 10.1. The molecule has 0 bridgehead atoms. The van der Waals surface area contributed by atoms with Crippen LogP contribution in [0.5, 0.6) is 0 Å². The lowest BCUT2D eigenvalue weighted by Gasteiger charge is -1.94. The van der Waals surface area contributed by atoms with Crippen LogP contribution >= 0.6 is 0 Å². The largest absolute Gasteiger partial charge is 0.432 e. The van der Waals surface area contributed by atoms with Gasteiger partial charge in [0.15, 0.2) is 0 Å². The fourth-order valence-corrected chi connectivity index (χ4v) is 0.913. The molecule has 0 amide bonds. The van der Waals surface area contributed by atoms with Crippen LogP contribution in [0.3, 0.4) is 0 Å². The van der Waals surface area contributed by atoms with Crippen LogP contribution in [0.2, 0.25) is 0 Å².